The van der Waals surface area contributed by atoms with Crippen LogP contribution in [0.25, 0.3) is 21.3 Å². The highest BCUT2D eigenvalue weighted by Gasteiger charge is 2.27. The van der Waals surface area contributed by atoms with E-state index in [1.54, 1.807) is 13.4 Å². The molecule has 0 aliphatic carbocycles. The molecule has 5 rings (SSSR count). The summed E-state index contributed by atoms with van der Waals surface area (Å²) in [4.78, 5) is 28.4. The number of thiophene rings is 1. The molecule has 2 saturated heterocycles. The molecule has 1 aromatic carbocycles. The van der Waals surface area contributed by atoms with E-state index in [0.717, 1.165) is 72.9 Å². The second kappa shape index (κ2) is 10.8. The average Bonchev–Trinajstić information content (AvgIpc) is 3.55. The quantitative estimate of drug-likeness (QED) is 0.492. The van der Waals surface area contributed by atoms with Gasteiger partial charge in [0.25, 0.3) is 5.91 Å². The third kappa shape index (κ3) is 4.94. The molecule has 1 N–H and O–H groups in total. The molecule has 2 fully saturated rings. The Labute approximate surface area is 205 Å². The fourth-order valence-corrected chi connectivity index (χ4v) is 6.18. The van der Waals surface area contributed by atoms with E-state index in [4.69, 9.17) is 9.72 Å². The topological polar surface area (TPSA) is 70.6 Å². The van der Waals surface area contributed by atoms with Crippen LogP contribution in [0.15, 0.2) is 36.7 Å². The Morgan fingerprint density at radius 2 is 1.88 bits per heavy atom. The molecule has 180 valence electrons. The van der Waals surface area contributed by atoms with E-state index in [9.17, 15) is 4.79 Å². The van der Waals surface area contributed by atoms with E-state index in [1.165, 1.54) is 37.3 Å². The predicted molar refractivity (Wildman–Crippen MR) is 138 cm³/mol. The van der Waals surface area contributed by atoms with Gasteiger partial charge in [-0.25, -0.2) is 9.97 Å². The first-order valence-electron chi connectivity index (χ1n) is 12.3. The van der Waals surface area contributed by atoms with Gasteiger partial charge in [0.1, 0.15) is 21.9 Å². The summed E-state index contributed by atoms with van der Waals surface area (Å²) in [5.74, 6) is 1.44. The molecule has 0 spiro atoms. The van der Waals surface area contributed by atoms with Crippen LogP contribution in [0.1, 0.15) is 35.4 Å². The molecule has 0 atom stereocenters. The molecular weight excluding hydrogens is 446 g/mol. The number of anilines is 1. The molecular formula is C26H33N5O2S. The Kier molecular flexibility index (Phi) is 7.37. The number of benzene rings is 1. The van der Waals surface area contributed by atoms with Crippen molar-refractivity contribution in [2.75, 3.05) is 57.9 Å². The summed E-state index contributed by atoms with van der Waals surface area (Å²) in [7, 11) is 1.67. The minimum atomic E-state index is -0.0856. The standard InChI is InChI=1S/C26H33N5O2S/c1-27-25(32)23-21(20-7-3-2-4-8-20)22-24(28-18-29-26(22)34-23)31-13-9-19(10-14-31)17-33-16-15-30-11-5-6-12-30/h2-4,7-8,18-19H,5-6,9-17H2,1H3,(H,27,32). The second-order valence-corrected chi connectivity index (χ2v) is 10.2. The Morgan fingerprint density at radius 3 is 2.62 bits per heavy atom. The van der Waals surface area contributed by atoms with Gasteiger partial charge in [0.2, 0.25) is 0 Å². The number of nitrogens with zero attached hydrogens (tertiary/aromatic N) is 4. The van der Waals surface area contributed by atoms with Crippen LogP contribution in [0, 0.1) is 5.92 Å². The van der Waals surface area contributed by atoms with Crippen molar-refractivity contribution in [3.05, 3.63) is 41.5 Å². The van der Waals surface area contributed by atoms with Gasteiger partial charge in [-0.15, -0.1) is 11.3 Å². The maximum Gasteiger partial charge on any atom is 0.261 e. The molecule has 0 bridgehead atoms. The highest BCUT2D eigenvalue weighted by molar-refractivity contribution is 7.21. The summed E-state index contributed by atoms with van der Waals surface area (Å²) in [5, 5.41) is 3.78. The zero-order valence-electron chi connectivity index (χ0n) is 19.8. The summed E-state index contributed by atoms with van der Waals surface area (Å²) in [5.41, 5.74) is 1.95. The third-order valence-electron chi connectivity index (χ3n) is 6.98. The number of nitrogens with one attached hydrogen (secondary N) is 1. The fourth-order valence-electron chi connectivity index (χ4n) is 5.07. The van der Waals surface area contributed by atoms with E-state index in [1.807, 2.05) is 18.2 Å². The Morgan fingerprint density at radius 1 is 1.12 bits per heavy atom. The monoisotopic (exact) mass is 479 g/mol. The number of hydrogen-bond acceptors (Lipinski definition) is 7. The van der Waals surface area contributed by atoms with E-state index in [-0.39, 0.29) is 5.91 Å². The molecule has 8 heteroatoms. The van der Waals surface area contributed by atoms with Crippen molar-refractivity contribution in [3.8, 4) is 11.1 Å². The smallest absolute Gasteiger partial charge is 0.261 e. The highest BCUT2D eigenvalue weighted by Crippen LogP contribution is 2.42. The molecule has 0 radical (unpaired) electrons. The van der Waals surface area contributed by atoms with Crippen LogP contribution in [0.3, 0.4) is 0 Å². The van der Waals surface area contributed by atoms with Crippen LogP contribution in [-0.4, -0.2) is 73.8 Å². The van der Waals surface area contributed by atoms with Gasteiger partial charge in [-0.05, 0) is 50.3 Å². The number of piperidine rings is 1. The van der Waals surface area contributed by atoms with Crippen molar-refractivity contribution in [1.82, 2.24) is 20.2 Å². The lowest BCUT2D eigenvalue weighted by atomic mass is 9.97. The van der Waals surface area contributed by atoms with Crippen LogP contribution in [0.2, 0.25) is 0 Å². The lowest BCUT2D eigenvalue weighted by Crippen LogP contribution is -2.36. The molecule has 4 heterocycles. The Hall–Kier alpha value is -2.55. The van der Waals surface area contributed by atoms with Crippen LogP contribution in [-0.2, 0) is 4.74 Å². The fraction of sp³-hybridized carbons (Fsp3) is 0.500. The normalized spacial score (nSPS) is 17.5. The van der Waals surface area contributed by atoms with Gasteiger partial charge in [0.15, 0.2) is 0 Å². The summed E-state index contributed by atoms with van der Waals surface area (Å²) < 4.78 is 6.04. The first kappa shape index (κ1) is 23.2. The molecule has 2 aliphatic rings. The summed E-state index contributed by atoms with van der Waals surface area (Å²) in [6.07, 6.45) is 6.46. The number of hydrogen-bond donors (Lipinski definition) is 1. The van der Waals surface area contributed by atoms with Crippen LogP contribution >= 0.6 is 11.3 Å². The number of fused-ring (bicyclic) bond motifs is 1. The summed E-state index contributed by atoms with van der Waals surface area (Å²) >= 11 is 1.44. The van der Waals surface area contributed by atoms with Gasteiger partial charge >= 0.3 is 0 Å². The van der Waals surface area contributed by atoms with Crippen molar-refractivity contribution >= 4 is 33.3 Å². The number of carbonyl (C=O) groups excluding carboxylic acids is 1. The highest BCUT2D eigenvalue weighted by atomic mass is 32.1. The van der Waals surface area contributed by atoms with Gasteiger partial charge in [0, 0.05) is 38.9 Å². The van der Waals surface area contributed by atoms with Crippen LogP contribution in [0.4, 0.5) is 5.82 Å². The molecule has 3 aromatic rings. The number of aromatic nitrogens is 2. The number of carbonyl (C=O) groups is 1. The van der Waals surface area contributed by atoms with Crippen LogP contribution in [0.5, 0.6) is 0 Å². The maximum atomic E-state index is 12.7. The summed E-state index contributed by atoms with van der Waals surface area (Å²) in [6.45, 7) is 7.07. The zero-order chi connectivity index (χ0) is 23.3. The molecule has 2 aliphatic heterocycles. The molecule has 7 nitrogen and oxygen atoms in total. The SMILES string of the molecule is CNC(=O)c1sc2ncnc(N3CCC(COCCN4CCCC4)CC3)c2c1-c1ccccc1. The lowest BCUT2D eigenvalue weighted by molar-refractivity contribution is 0.0753. The van der Waals surface area contributed by atoms with Crippen molar-refractivity contribution in [3.63, 3.8) is 0 Å². The van der Waals surface area contributed by atoms with E-state index < -0.39 is 0 Å². The second-order valence-electron chi connectivity index (χ2n) is 9.18. The Bertz CT molecular complexity index is 1110. The van der Waals surface area contributed by atoms with E-state index in [0.29, 0.717) is 10.8 Å². The van der Waals surface area contributed by atoms with Crippen molar-refractivity contribution in [1.29, 1.82) is 0 Å². The molecule has 34 heavy (non-hydrogen) atoms. The van der Waals surface area contributed by atoms with Crippen molar-refractivity contribution in [2.45, 2.75) is 25.7 Å². The van der Waals surface area contributed by atoms with Gasteiger partial charge in [-0.2, -0.15) is 0 Å². The number of amides is 1. The van der Waals surface area contributed by atoms with Crippen LogP contribution < -0.4 is 10.2 Å². The first-order chi connectivity index (χ1) is 16.7. The maximum absolute atomic E-state index is 12.7. The number of likely N-dealkylation sites (tertiary alicyclic amines) is 1. The molecule has 0 unspecified atom stereocenters. The van der Waals surface area contributed by atoms with Crippen molar-refractivity contribution in [2.24, 2.45) is 5.92 Å². The number of rotatable bonds is 8. The minimum Gasteiger partial charge on any atom is -0.380 e. The first-order valence-corrected chi connectivity index (χ1v) is 13.2. The zero-order valence-corrected chi connectivity index (χ0v) is 20.6. The predicted octanol–water partition coefficient (Wildman–Crippen LogP) is 4.05. The third-order valence-corrected chi connectivity index (χ3v) is 8.08. The average molecular weight is 480 g/mol. The largest absolute Gasteiger partial charge is 0.380 e. The van der Waals surface area contributed by atoms with Crippen molar-refractivity contribution < 1.29 is 9.53 Å². The van der Waals surface area contributed by atoms with Gasteiger partial charge in [0.05, 0.1) is 12.0 Å². The van der Waals surface area contributed by atoms with Gasteiger partial charge < -0.3 is 19.9 Å². The molecule has 2 aromatic heterocycles. The van der Waals surface area contributed by atoms with E-state index in [2.05, 4.69) is 32.2 Å². The number of ether oxygens (including phenoxy) is 1. The summed E-state index contributed by atoms with van der Waals surface area (Å²) in [6, 6.07) is 10.1. The van der Waals surface area contributed by atoms with E-state index >= 15 is 0 Å². The van der Waals surface area contributed by atoms with Gasteiger partial charge in [-0.3, -0.25) is 4.79 Å². The van der Waals surface area contributed by atoms with Gasteiger partial charge in [-0.1, -0.05) is 30.3 Å². The minimum absolute atomic E-state index is 0.0856. The Balaban J connectivity index is 1.31. The lowest BCUT2D eigenvalue weighted by Gasteiger charge is -2.33. The molecule has 1 amide bonds. The molecule has 0 saturated carbocycles.